The standard InChI is InChI=1S/C21H24FN3O3/c1-12(2)18(23-19(26)15-6-8-16(22)9-7-15)21(28)25-24-20(27)17-10-5-13(3)11-14(17)4/h5-12,18H,1-4H3,(H,23,26)(H,24,27)(H,25,28)/t18-/m0/s1. The van der Waals surface area contributed by atoms with E-state index in [4.69, 9.17) is 0 Å². The van der Waals surface area contributed by atoms with E-state index in [1.165, 1.54) is 24.3 Å². The molecule has 2 aromatic rings. The highest BCUT2D eigenvalue weighted by atomic mass is 19.1. The normalized spacial score (nSPS) is 11.6. The average molecular weight is 385 g/mol. The second kappa shape index (κ2) is 9.12. The number of amides is 3. The molecule has 0 spiro atoms. The SMILES string of the molecule is Cc1ccc(C(=O)NNC(=O)[C@@H](NC(=O)c2ccc(F)cc2)C(C)C)c(C)c1. The van der Waals surface area contributed by atoms with E-state index in [-0.39, 0.29) is 11.5 Å². The van der Waals surface area contributed by atoms with E-state index in [1.54, 1.807) is 19.9 Å². The topological polar surface area (TPSA) is 87.3 Å². The summed E-state index contributed by atoms with van der Waals surface area (Å²) in [5, 5.41) is 2.61. The fourth-order valence-corrected chi connectivity index (χ4v) is 2.69. The van der Waals surface area contributed by atoms with Crippen LogP contribution in [0.15, 0.2) is 42.5 Å². The highest BCUT2D eigenvalue weighted by Crippen LogP contribution is 2.10. The maximum atomic E-state index is 13.0. The predicted molar refractivity (Wildman–Crippen MR) is 104 cm³/mol. The molecule has 0 aliphatic rings. The van der Waals surface area contributed by atoms with Gasteiger partial charge < -0.3 is 5.32 Å². The van der Waals surface area contributed by atoms with Gasteiger partial charge in [0.1, 0.15) is 11.9 Å². The van der Waals surface area contributed by atoms with Gasteiger partial charge in [-0.25, -0.2) is 4.39 Å². The van der Waals surface area contributed by atoms with Crippen molar-refractivity contribution in [2.75, 3.05) is 0 Å². The lowest BCUT2D eigenvalue weighted by Gasteiger charge is -2.22. The van der Waals surface area contributed by atoms with Gasteiger partial charge in [-0.1, -0.05) is 31.5 Å². The largest absolute Gasteiger partial charge is 0.340 e. The molecule has 3 amide bonds. The number of aryl methyl sites for hydroxylation is 2. The van der Waals surface area contributed by atoms with Crippen molar-refractivity contribution in [2.24, 2.45) is 5.92 Å². The summed E-state index contributed by atoms with van der Waals surface area (Å²) in [6.45, 7) is 7.26. The Morgan fingerprint density at radius 1 is 0.893 bits per heavy atom. The Hall–Kier alpha value is -3.22. The van der Waals surface area contributed by atoms with E-state index < -0.39 is 29.6 Å². The van der Waals surface area contributed by atoms with Crippen LogP contribution in [0.3, 0.4) is 0 Å². The van der Waals surface area contributed by atoms with Crippen molar-refractivity contribution in [3.63, 3.8) is 0 Å². The number of halogens is 1. The molecule has 0 aromatic heterocycles. The number of benzene rings is 2. The van der Waals surface area contributed by atoms with Gasteiger partial charge in [-0.2, -0.15) is 0 Å². The second-order valence-electron chi connectivity index (χ2n) is 6.96. The summed E-state index contributed by atoms with van der Waals surface area (Å²) in [4.78, 5) is 37.1. The third-order valence-corrected chi connectivity index (χ3v) is 4.27. The minimum Gasteiger partial charge on any atom is -0.340 e. The number of rotatable bonds is 5. The molecule has 0 saturated heterocycles. The highest BCUT2D eigenvalue weighted by Gasteiger charge is 2.25. The average Bonchev–Trinajstić information content (AvgIpc) is 2.64. The first kappa shape index (κ1) is 21.1. The Bertz CT molecular complexity index is 879. The molecule has 0 fully saturated rings. The van der Waals surface area contributed by atoms with Gasteiger partial charge in [0.05, 0.1) is 0 Å². The first-order valence-corrected chi connectivity index (χ1v) is 8.93. The van der Waals surface area contributed by atoms with Crippen molar-refractivity contribution in [1.82, 2.24) is 16.2 Å². The highest BCUT2D eigenvalue weighted by molar-refractivity contribution is 5.99. The van der Waals surface area contributed by atoms with E-state index in [1.807, 2.05) is 26.0 Å². The van der Waals surface area contributed by atoms with Crippen LogP contribution in [0.1, 0.15) is 45.7 Å². The lowest BCUT2D eigenvalue weighted by molar-refractivity contribution is -0.124. The lowest BCUT2D eigenvalue weighted by Crippen LogP contribution is -2.54. The number of hydrogen-bond acceptors (Lipinski definition) is 3. The first-order chi connectivity index (χ1) is 13.2. The van der Waals surface area contributed by atoms with Gasteiger partial charge >= 0.3 is 0 Å². The third kappa shape index (κ3) is 5.39. The summed E-state index contributed by atoms with van der Waals surface area (Å²) in [5.41, 5.74) is 7.23. The molecule has 3 N–H and O–H groups in total. The van der Waals surface area contributed by atoms with Crippen LogP contribution in [0.2, 0.25) is 0 Å². The molecule has 0 saturated carbocycles. The number of carbonyl (C=O) groups is 3. The van der Waals surface area contributed by atoms with Crippen molar-refractivity contribution in [3.05, 3.63) is 70.5 Å². The molecule has 6 nitrogen and oxygen atoms in total. The van der Waals surface area contributed by atoms with Crippen LogP contribution >= 0.6 is 0 Å². The summed E-state index contributed by atoms with van der Waals surface area (Å²) in [6, 6.07) is 9.50. The molecule has 0 bridgehead atoms. The van der Waals surface area contributed by atoms with Crippen LogP contribution in [-0.2, 0) is 4.79 Å². The van der Waals surface area contributed by atoms with Gasteiger partial charge in [0.15, 0.2) is 0 Å². The summed E-state index contributed by atoms with van der Waals surface area (Å²) in [7, 11) is 0. The van der Waals surface area contributed by atoms with Crippen LogP contribution in [0.4, 0.5) is 4.39 Å². The molecule has 0 aliphatic heterocycles. The van der Waals surface area contributed by atoms with Gasteiger partial charge in [0.2, 0.25) is 0 Å². The lowest BCUT2D eigenvalue weighted by atomic mass is 10.0. The van der Waals surface area contributed by atoms with E-state index in [0.29, 0.717) is 5.56 Å². The zero-order chi connectivity index (χ0) is 20.8. The number of hydrogen-bond donors (Lipinski definition) is 3. The van der Waals surface area contributed by atoms with Crippen molar-refractivity contribution in [1.29, 1.82) is 0 Å². The fourth-order valence-electron chi connectivity index (χ4n) is 2.69. The van der Waals surface area contributed by atoms with Crippen molar-refractivity contribution in [2.45, 2.75) is 33.7 Å². The van der Waals surface area contributed by atoms with E-state index in [2.05, 4.69) is 16.2 Å². The Morgan fingerprint density at radius 2 is 1.54 bits per heavy atom. The molecule has 28 heavy (non-hydrogen) atoms. The Labute approximate surface area is 163 Å². The minimum atomic E-state index is -0.878. The van der Waals surface area contributed by atoms with E-state index >= 15 is 0 Å². The van der Waals surface area contributed by atoms with Crippen LogP contribution in [0.5, 0.6) is 0 Å². The zero-order valence-electron chi connectivity index (χ0n) is 16.3. The van der Waals surface area contributed by atoms with Gasteiger partial charge in [-0.05, 0) is 55.7 Å². The molecule has 7 heteroatoms. The first-order valence-electron chi connectivity index (χ1n) is 8.93. The van der Waals surface area contributed by atoms with Gasteiger partial charge in [0.25, 0.3) is 17.7 Å². The van der Waals surface area contributed by atoms with Gasteiger partial charge in [0, 0.05) is 11.1 Å². The number of hydrazine groups is 1. The molecule has 0 aliphatic carbocycles. The minimum absolute atomic E-state index is 0.234. The van der Waals surface area contributed by atoms with E-state index in [0.717, 1.165) is 11.1 Å². The molecule has 2 rings (SSSR count). The molecule has 2 aromatic carbocycles. The Kier molecular flexibility index (Phi) is 6.87. The molecule has 148 valence electrons. The predicted octanol–water partition coefficient (Wildman–Crippen LogP) is 2.66. The molecular formula is C21H24FN3O3. The van der Waals surface area contributed by atoms with Crippen molar-refractivity contribution < 1.29 is 18.8 Å². The van der Waals surface area contributed by atoms with Crippen molar-refractivity contribution >= 4 is 17.7 Å². The molecule has 1 atom stereocenters. The second-order valence-corrected chi connectivity index (χ2v) is 6.96. The molecule has 0 heterocycles. The summed E-state index contributed by atoms with van der Waals surface area (Å²) in [6.07, 6.45) is 0. The van der Waals surface area contributed by atoms with Crippen molar-refractivity contribution in [3.8, 4) is 0 Å². The van der Waals surface area contributed by atoms with Crippen LogP contribution < -0.4 is 16.2 Å². The summed E-state index contributed by atoms with van der Waals surface area (Å²) >= 11 is 0. The number of nitrogens with one attached hydrogen (secondary N) is 3. The van der Waals surface area contributed by atoms with Crippen LogP contribution in [0.25, 0.3) is 0 Å². The Morgan fingerprint density at radius 3 is 2.11 bits per heavy atom. The maximum absolute atomic E-state index is 13.0. The fraction of sp³-hybridized carbons (Fsp3) is 0.286. The van der Waals surface area contributed by atoms with Gasteiger partial charge in [-0.15, -0.1) is 0 Å². The van der Waals surface area contributed by atoms with E-state index in [9.17, 15) is 18.8 Å². The number of carbonyl (C=O) groups excluding carboxylic acids is 3. The van der Waals surface area contributed by atoms with Gasteiger partial charge in [-0.3, -0.25) is 25.2 Å². The molecule has 0 unspecified atom stereocenters. The van der Waals surface area contributed by atoms with Crippen LogP contribution in [-0.4, -0.2) is 23.8 Å². The zero-order valence-corrected chi connectivity index (χ0v) is 16.3. The van der Waals surface area contributed by atoms with Crippen LogP contribution in [0, 0.1) is 25.6 Å². The molecular weight excluding hydrogens is 361 g/mol. The monoisotopic (exact) mass is 385 g/mol. The maximum Gasteiger partial charge on any atom is 0.269 e. The summed E-state index contributed by atoms with van der Waals surface area (Å²) in [5.74, 6) is -2.19. The smallest absolute Gasteiger partial charge is 0.269 e. The molecule has 0 radical (unpaired) electrons. The quantitative estimate of drug-likeness (QED) is 0.692. The summed E-state index contributed by atoms with van der Waals surface area (Å²) < 4.78 is 13.0. The third-order valence-electron chi connectivity index (χ3n) is 4.27. The Balaban J connectivity index is 2.01.